The third-order valence-electron chi connectivity index (χ3n) is 3.43. The summed E-state index contributed by atoms with van der Waals surface area (Å²) in [6.45, 7) is 1.73. The van der Waals surface area contributed by atoms with Gasteiger partial charge in [-0.15, -0.1) is 5.10 Å². The van der Waals surface area contributed by atoms with Crippen molar-refractivity contribution in [3.05, 3.63) is 30.6 Å². The number of tetrazole rings is 1. The van der Waals surface area contributed by atoms with Gasteiger partial charge in [-0.05, 0) is 41.9 Å². The lowest BCUT2D eigenvalue weighted by molar-refractivity contribution is -0.120. The number of para-hydroxylation sites is 2. The number of hydrogen-bond acceptors (Lipinski definition) is 5. The number of rotatable bonds is 3. The van der Waals surface area contributed by atoms with E-state index in [0.717, 1.165) is 37.3 Å². The van der Waals surface area contributed by atoms with Gasteiger partial charge in [0.25, 0.3) is 0 Å². The average Bonchev–Trinajstić information content (AvgIpc) is 3.03. The molecule has 0 saturated carbocycles. The summed E-state index contributed by atoms with van der Waals surface area (Å²) in [4.78, 5) is 12.3. The van der Waals surface area contributed by atoms with Crippen LogP contribution in [0.3, 0.4) is 0 Å². The number of nitrogens with one attached hydrogen (secondary N) is 2. The molecule has 7 nitrogen and oxygen atoms in total. The molecule has 2 heterocycles. The SMILES string of the molecule is O=C(Nc1ccccc1-n1cnnn1)C1CCCNC1. The van der Waals surface area contributed by atoms with Crippen LogP contribution in [0.15, 0.2) is 30.6 Å². The minimum absolute atomic E-state index is 0.0191. The fraction of sp³-hybridized carbons (Fsp3) is 0.385. The van der Waals surface area contributed by atoms with Gasteiger partial charge in [0.1, 0.15) is 6.33 Å². The monoisotopic (exact) mass is 272 g/mol. The van der Waals surface area contributed by atoms with Gasteiger partial charge in [-0.2, -0.15) is 4.68 Å². The van der Waals surface area contributed by atoms with Gasteiger partial charge in [-0.25, -0.2) is 0 Å². The van der Waals surface area contributed by atoms with Crippen molar-refractivity contribution in [1.82, 2.24) is 25.5 Å². The smallest absolute Gasteiger partial charge is 0.228 e. The van der Waals surface area contributed by atoms with Gasteiger partial charge in [0, 0.05) is 6.54 Å². The lowest BCUT2D eigenvalue weighted by atomic mass is 9.99. The molecule has 104 valence electrons. The molecule has 1 atom stereocenters. The quantitative estimate of drug-likeness (QED) is 0.854. The lowest BCUT2D eigenvalue weighted by Gasteiger charge is -2.22. The maximum atomic E-state index is 12.3. The maximum Gasteiger partial charge on any atom is 0.228 e. The predicted octanol–water partition coefficient (Wildman–Crippen LogP) is 0.600. The Kier molecular flexibility index (Phi) is 3.69. The van der Waals surface area contributed by atoms with Gasteiger partial charge in [0.15, 0.2) is 0 Å². The van der Waals surface area contributed by atoms with Gasteiger partial charge in [-0.1, -0.05) is 12.1 Å². The largest absolute Gasteiger partial charge is 0.324 e. The number of aromatic nitrogens is 4. The minimum atomic E-state index is 0.0191. The van der Waals surface area contributed by atoms with E-state index in [2.05, 4.69) is 26.2 Å². The zero-order valence-corrected chi connectivity index (χ0v) is 11.0. The zero-order chi connectivity index (χ0) is 13.8. The molecule has 1 aromatic carbocycles. The second-order valence-corrected chi connectivity index (χ2v) is 4.80. The van der Waals surface area contributed by atoms with E-state index in [0.29, 0.717) is 0 Å². The molecule has 1 aliphatic rings. The Hall–Kier alpha value is -2.28. The molecular weight excluding hydrogens is 256 g/mol. The van der Waals surface area contributed by atoms with Crippen molar-refractivity contribution in [3.8, 4) is 5.69 Å². The molecular formula is C13H16N6O. The van der Waals surface area contributed by atoms with Gasteiger partial charge in [0.05, 0.1) is 17.3 Å². The highest BCUT2D eigenvalue weighted by atomic mass is 16.1. The highest BCUT2D eigenvalue weighted by Gasteiger charge is 2.21. The van der Waals surface area contributed by atoms with E-state index in [1.165, 1.54) is 11.0 Å². The van der Waals surface area contributed by atoms with Crippen molar-refractivity contribution in [2.75, 3.05) is 18.4 Å². The molecule has 1 amide bonds. The zero-order valence-electron chi connectivity index (χ0n) is 11.0. The first-order valence-corrected chi connectivity index (χ1v) is 6.68. The fourth-order valence-corrected chi connectivity index (χ4v) is 2.36. The third-order valence-corrected chi connectivity index (χ3v) is 3.43. The van der Waals surface area contributed by atoms with Crippen LogP contribution < -0.4 is 10.6 Å². The molecule has 7 heteroatoms. The number of carbonyl (C=O) groups is 1. The molecule has 2 N–H and O–H groups in total. The van der Waals surface area contributed by atoms with Crippen molar-refractivity contribution < 1.29 is 4.79 Å². The number of amides is 1. The highest BCUT2D eigenvalue weighted by Crippen LogP contribution is 2.20. The summed E-state index contributed by atoms with van der Waals surface area (Å²) >= 11 is 0. The van der Waals surface area contributed by atoms with Crippen LogP contribution in [0.2, 0.25) is 0 Å². The fourth-order valence-electron chi connectivity index (χ4n) is 2.36. The molecule has 1 fully saturated rings. The summed E-state index contributed by atoms with van der Waals surface area (Å²) in [6.07, 6.45) is 3.46. The first-order valence-electron chi connectivity index (χ1n) is 6.68. The van der Waals surface area contributed by atoms with Gasteiger partial charge < -0.3 is 10.6 Å². The Morgan fingerprint density at radius 3 is 3.05 bits per heavy atom. The van der Waals surface area contributed by atoms with Gasteiger partial charge in [-0.3, -0.25) is 4.79 Å². The second-order valence-electron chi connectivity index (χ2n) is 4.80. The number of hydrogen-bond donors (Lipinski definition) is 2. The van der Waals surface area contributed by atoms with Gasteiger partial charge in [0.2, 0.25) is 5.91 Å². The van der Waals surface area contributed by atoms with E-state index in [1.807, 2.05) is 24.3 Å². The molecule has 0 aliphatic carbocycles. The molecule has 1 unspecified atom stereocenters. The normalized spacial score (nSPS) is 18.7. The Balaban J connectivity index is 1.79. The molecule has 0 bridgehead atoms. The Morgan fingerprint density at radius 1 is 1.40 bits per heavy atom. The van der Waals surface area contributed by atoms with E-state index in [4.69, 9.17) is 0 Å². The van der Waals surface area contributed by atoms with Crippen molar-refractivity contribution in [3.63, 3.8) is 0 Å². The summed E-state index contributed by atoms with van der Waals surface area (Å²) < 4.78 is 1.54. The second kappa shape index (κ2) is 5.79. The van der Waals surface area contributed by atoms with Crippen LogP contribution in [-0.4, -0.2) is 39.2 Å². The Labute approximate surface area is 116 Å². The van der Waals surface area contributed by atoms with Crippen LogP contribution in [0.4, 0.5) is 5.69 Å². The van der Waals surface area contributed by atoms with E-state index in [9.17, 15) is 4.79 Å². The van der Waals surface area contributed by atoms with E-state index in [-0.39, 0.29) is 11.8 Å². The Bertz CT molecular complexity index is 576. The number of nitrogens with zero attached hydrogens (tertiary/aromatic N) is 4. The summed E-state index contributed by atoms with van der Waals surface area (Å²) in [5, 5.41) is 17.3. The van der Waals surface area contributed by atoms with Crippen LogP contribution in [0, 0.1) is 5.92 Å². The maximum absolute atomic E-state index is 12.3. The van der Waals surface area contributed by atoms with Crippen LogP contribution in [0.25, 0.3) is 5.69 Å². The van der Waals surface area contributed by atoms with Crippen LogP contribution >= 0.6 is 0 Å². The molecule has 20 heavy (non-hydrogen) atoms. The van der Waals surface area contributed by atoms with E-state index < -0.39 is 0 Å². The standard InChI is InChI=1S/C13H16N6O/c20-13(10-4-3-7-14-8-10)16-11-5-1-2-6-12(11)19-9-15-17-18-19/h1-2,5-6,9-10,14H,3-4,7-8H2,(H,16,20). The third kappa shape index (κ3) is 2.67. The van der Waals surface area contributed by atoms with Crippen molar-refractivity contribution in [2.24, 2.45) is 5.92 Å². The highest BCUT2D eigenvalue weighted by molar-refractivity contribution is 5.94. The number of benzene rings is 1. The molecule has 1 aromatic heterocycles. The van der Waals surface area contributed by atoms with Crippen LogP contribution in [0.5, 0.6) is 0 Å². The first kappa shape index (κ1) is 12.7. The number of piperidine rings is 1. The average molecular weight is 272 g/mol. The summed E-state index contributed by atoms with van der Waals surface area (Å²) in [5.74, 6) is 0.0587. The van der Waals surface area contributed by atoms with E-state index in [1.54, 1.807) is 0 Å². The van der Waals surface area contributed by atoms with E-state index >= 15 is 0 Å². The number of anilines is 1. The molecule has 2 aromatic rings. The molecule has 3 rings (SSSR count). The molecule has 0 spiro atoms. The number of carbonyl (C=O) groups excluding carboxylic acids is 1. The lowest BCUT2D eigenvalue weighted by Crippen LogP contribution is -2.37. The van der Waals surface area contributed by atoms with Crippen molar-refractivity contribution in [1.29, 1.82) is 0 Å². The summed E-state index contributed by atoms with van der Waals surface area (Å²) in [5.41, 5.74) is 1.48. The summed E-state index contributed by atoms with van der Waals surface area (Å²) in [7, 11) is 0. The summed E-state index contributed by atoms with van der Waals surface area (Å²) in [6, 6.07) is 7.48. The first-order chi connectivity index (χ1) is 9.84. The topological polar surface area (TPSA) is 84.7 Å². The van der Waals surface area contributed by atoms with Crippen LogP contribution in [-0.2, 0) is 4.79 Å². The molecule has 1 saturated heterocycles. The Morgan fingerprint density at radius 2 is 2.30 bits per heavy atom. The predicted molar refractivity (Wildman–Crippen MR) is 73.4 cm³/mol. The molecule has 1 aliphatic heterocycles. The molecule has 0 radical (unpaired) electrons. The van der Waals surface area contributed by atoms with Crippen molar-refractivity contribution in [2.45, 2.75) is 12.8 Å². The van der Waals surface area contributed by atoms with Crippen molar-refractivity contribution >= 4 is 11.6 Å². The van der Waals surface area contributed by atoms with Crippen LogP contribution in [0.1, 0.15) is 12.8 Å². The minimum Gasteiger partial charge on any atom is -0.324 e. The van der Waals surface area contributed by atoms with Gasteiger partial charge >= 0.3 is 0 Å².